The van der Waals surface area contributed by atoms with Gasteiger partial charge in [0.15, 0.2) is 0 Å². The summed E-state index contributed by atoms with van der Waals surface area (Å²) < 4.78 is 5.04. The van der Waals surface area contributed by atoms with Crippen molar-refractivity contribution in [3.8, 4) is 0 Å². The maximum absolute atomic E-state index is 11.7. The summed E-state index contributed by atoms with van der Waals surface area (Å²) >= 11 is 0. The molecule has 0 aromatic rings. The number of hydrogen-bond donors (Lipinski definition) is 0. The highest BCUT2D eigenvalue weighted by atomic mass is 16.5. The first-order valence-electron chi connectivity index (χ1n) is 6.09. The summed E-state index contributed by atoms with van der Waals surface area (Å²) in [6.07, 6.45) is 3.31. The maximum Gasteiger partial charge on any atom is 0.323 e. The first kappa shape index (κ1) is 11.6. The van der Waals surface area contributed by atoms with Crippen LogP contribution in [0.4, 0.5) is 0 Å². The van der Waals surface area contributed by atoms with E-state index in [4.69, 9.17) is 4.74 Å². The molecule has 2 heterocycles. The van der Waals surface area contributed by atoms with Crippen molar-refractivity contribution in [3.05, 3.63) is 0 Å². The van der Waals surface area contributed by atoms with Crippen LogP contribution in [0.2, 0.25) is 0 Å². The van der Waals surface area contributed by atoms with Crippen LogP contribution in [0.25, 0.3) is 0 Å². The molecule has 4 nitrogen and oxygen atoms in total. The Morgan fingerprint density at radius 1 is 1.44 bits per heavy atom. The first-order chi connectivity index (χ1) is 7.63. The Morgan fingerprint density at radius 3 is 2.50 bits per heavy atom. The summed E-state index contributed by atoms with van der Waals surface area (Å²) in [5, 5.41) is 0. The van der Waals surface area contributed by atoms with Gasteiger partial charge in [-0.15, -0.1) is 0 Å². The van der Waals surface area contributed by atoms with Gasteiger partial charge in [-0.1, -0.05) is 0 Å². The molecule has 0 spiro atoms. The maximum atomic E-state index is 11.7. The van der Waals surface area contributed by atoms with Gasteiger partial charge in [-0.3, -0.25) is 14.5 Å². The molecule has 2 bridgehead atoms. The van der Waals surface area contributed by atoms with Crippen LogP contribution in [-0.4, -0.2) is 41.4 Å². The number of rotatable bonds is 3. The fourth-order valence-corrected chi connectivity index (χ4v) is 3.02. The lowest BCUT2D eigenvalue weighted by Gasteiger charge is -2.37. The van der Waals surface area contributed by atoms with Crippen LogP contribution < -0.4 is 0 Å². The molecular weight excluding hydrogens is 206 g/mol. The molecule has 0 saturated carbocycles. The van der Waals surface area contributed by atoms with E-state index < -0.39 is 0 Å². The summed E-state index contributed by atoms with van der Waals surface area (Å²) in [5.74, 6) is 0.188. The number of ketones is 1. The van der Waals surface area contributed by atoms with E-state index in [1.807, 2.05) is 13.8 Å². The average molecular weight is 225 g/mol. The molecule has 2 aliphatic rings. The van der Waals surface area contributed by atoms with Gasteiger partial charge in [-0.05, 0) is 26.7 Å². The number of Topliss-reactive ketones (excluding diaryl/α,β-unsaturated/α-hetero) is 1. The van der Waals surface area contributed by atoms with Crippen molar-refractivity contribution in [2.75, 3.05) is 6.61 Å². The molecule has 0 amide bonds. The largest absolute Gasteiger partial charge is 0.465 e. The van der Waals surface area contributed by atoms with Crippen molar-refractivity contribution in [3.63, 3.8) is 0 Å². The predicted molar refractivity (Wildman–Crippen MR) is 59.0 cm³/mol. The predicted octanol–water partition coefficient (Wildman–Crippen LogP) is 1.13. The van der Waals surface area contributed by atoms with Gasteiger partial charge in [0, 0.05) is 24.9 Å². The molecule has 0 radical (unpaired) electrons. The number of ether oxygens (including phenoxy) is 1. The van der Waals surface area contributed by atoms with Gasteiger partial charge >= 0.3 is 5.97 Å². The van der Waals surface area contributed by atoms with Crippen LogP contribution >= 0.6 is 0 Å². The fraction of sp³-hybridized carbons (Fsp3) is 0.833. The zero-order valence-corrected chi connectivity index (χ0v) is 9.94. The molecule has 90 valence electrons. The van der Waals surface area contributed by atoms with Crippen LogP contribution in [0.5, 0.6) is 0 Å². The standard InChI is InChI=1S/C12H19NO3/c1-3-16-12(15)8(2)13-9-4-5-10(13)7-11(14)6-9/h8-10H,3-7H2,1-2H3. The highest BCUT2D eigenvalue weighted by molar-refractivity contribution is 5.82. The number of carbonyl (C=O) groups excluding carboxylic acids is 2. The Balaban J connectivity index is 2.05. The van der Waals surface area contributed by atoms with E-state index in [0.717, 1.165) is 12.8 Å². The summed E-state index contributed by atoms with van der Waals surface area (Å²) in [6, 6.07) is 0.335. The molecule has 2 saturated heterocycles. The Bertz CT molecular complexity index is 287. The smallest absolute Gasteiger partial charge is 0.323 e. The van der Waals surface area contributed by atoms with Gasteiger partial charge in [-0.25, -0.2) is 0 Å². The van der Waals surface area contributed by atoms with E-state index in [1.165, 1.54) is 0 Å². The summed E-state index contributed by atoms with van der Waals surface area (Å²) in [7, 11) is 0. The Hall–Kier alpha value is -0.900. The third kappa shape index (κ3) is 1.98. The average Bonchev–Trinajstić information content (AvgIpc) is 2.50. The highest BCUT2D eigenvalue weighted by Gasteiger charge is 2.44. The Labute approximate surface area is 95.9 Å². The molecule has 2 aliphatic heterocycles. The van der Waals surface area contributed by atoms with Crippen molar-refractivity contribution < 1.29 is 14.3 Å². The number of fused-ring (bicyclic) bond motifs is 2. The second-order valence-electron chi connectivity index (χ2n) is 4.71. The topological polar surface area (TPSA) is 46.6 Å². The second kappa shape index (κ2) is 4.53. The minimum atomic E-state index is -0.203. The fourth-order valence-electron chi connectivity index (χ4n) is 3.02. The van der Waals surface area contributed by atoms with Crippen molar-refractivity contribution in [1.82, 2.24) is 4.90 Å². The van der Waals surface area contributed by atoms with Gasteiger partial charge in [-0.2, -0.15) is 0 Å². The lowest BCUT2D eigenvalue weighted by molar-refractivity contribution is -0.152. The van der Waals surface area contributed by atoms with Crippen molar-refractivity contribution in [2.45, 2.75) is 57.7 Å². The molecular formula is C12H19NO3. The number of hydrogen-bond acceptors (Lipinski definition) is 4. The van der Waals surface area contributed by atoms with Crippen molar-refractivity contribution in [1.29, 1.82) is 0 Å². The van der Waals surface area contributed by atoms with Crippen molar-refractivity contribution >= 4 is 11.8 Å². The zero-order valence-electron chi connectivity index (χ0n) is 9.94. The Kier molecular flexibility index (Phi) is 3.28. The summed E-state index contributed by atoms with van der Waals surface area (Å²) in [5.41, 5.74) is 0. The quantitative estimate of drug-likeness (QED) is 0.676. The number of esters is 1. The second-order valence-corrected chi connectivity index (χ2v) is 4.71. The number of nitrogens with zero attached hydrogens (tertiary/aromatic N) is 1. The van der Waals surface area contributed by atoms with Crippen LogP contribution in [0.15, 0.2) is 0 Å². The van der Waals surface area contributed by atoms with E-state index in [-0.39, 0.29) is 24.1 Å². The molecule has 16 heavy (non-hydrogen) atoms. The van der Waals surface area contributed by atoms with Gasteiger partial charge in [0.25, 0.3) is 0 Å². The SMILES string of the molecule is CCOC(=O)C(C)N1C2CCC1CC(=O)C2. The van der Waals surface area contributed by atoms with Gasteiger partial charge < -0.3 is 4.74 Å². The Morgan fingerprint density at radius 2 is 2.00 bits per heavy atom. The zero-order chi connectivity index (χ0) is 11.7. The van der Waals surface area contributed by atoms with Gasteiger partial charge in [0.2, 0.25) is 0 Å². The number of piperidine rings is 1. The van der Waals surface area contributed by atoms with Crippen LogP contribution in [-0.2, 0) is 14.3 Å². The molecule has 4 heteroatoms. The van der Waals surface area contributed by atoms with Crippen molar-refractivity contribution in [2.24, 2.45) is 0 Å². The molecule has 3 atom stereocenters. The molecule has 3 unspecified atom stereocenters. The number of carbonyl (C=O) groups is 2. The van der Waals surface area contributed by atoms with Gasteiger partial charge in [0.1, 0.15) is 11.8 Å². The summed E-state index contributed by atoms with van der Waals surface area (Å²) in [6.45, 7) is 4.13. The van der Waals surface area contributed by atoms with Crippen LogP contribution in [0, 0.1) is 0 Å². The van der Waals surface area contributed by atoms with Crippen LogP contribution in [0.3, 0.4) is 0 Å². The molecule has 0 aliphatic carbocycles. The van der Waals surface area contributed by atoms with E-state index in [2.05, 4.69) is 4.90 Å². The monoisotopic (exact) mass is 225 g/mol. The van der Waals surface area contributed by atoms with E-state index >= 15 is 0 Å². The van der Waals surface area contributed by atoms with E-state index in [0.29, 0.717) is 25.2 Å². The third-order valence-corrected chi connectivity index (χ3v) is 3.68. The van der Waals surface area contributed by atoms with E-state index in [1.54, 1.807) is 0 Å². The first-order valence-corrected chi connectivity index (χ1v) is 6.09. The van der Waals surface area contributed by atoms with Crippen LogP contribution in [0.1, 0.15) is 39.5 Å². The minimum Gasteiger partial charge on any atom is -0.465 e. The molecule has 0 aromatic carbocycles. The molecule has 2 rings (SSSR count). The lowest BCUT2D eigenvalue weighted by atomic mass is 9.99. The molecule has 0 N–H and O–H groups in total. The van der Waals surface area contributed by atoms with Gasteiger partial charge in [0.05, 0.1) is 6.61 Å². The van der Waals surface area contributed by atoms with E-state index in [9.17, 15) is 9.59 Å². The lowest BCUT2D eigenvalue weighted by Crippen LogP contribution is -2.51. The molecule has 0 aromatic heterocycles. The minimum absolute atomic E-state index is 0.159. The third-order valence-electron chi connectivity index (χ3n) is 3.68. The summed E-state index contributed by atoms with van der Waals surface area (Å²) in [4.78, 5) is 25.3. The molecule has 2 fully saturated rings. The highest BCUT2D eigenvalue weighted by Crippen LogP contribution is 2.35. The normalized spacial score (nSPS) is 31.5.